The van der Waals surface area contributed by atoms with Gasteiger partial charge in [-0.25, -0.2) is 4.79 Å². The molecular formula is C12H9NO3S. The van der Waals surface area contributed by atoms with Gasteiger partial charge in [0.25, 0.3) is 0 Å². The number of nitrogens with zero attached hydrogens (tertiary/aromatic N) is 1. The molecule has 0 saturated heterocycles. The van der Waals surface area contributed by atoms with E-state index in [4.69, 9.17) is 0 Å². The van der Waals surface area contributed by atoms with Gasteiger partial charge in [0, 0.05) is 22.7 Å². The van der Waals surface area contributed by atoms with E-state index < -0.39 is 0 Å². The molecule has 0 amide bonds. The molecule has 86 valence electrons. The molecule has 2 rings (SSSR count). The van der Waals surface area contributed by atoms with Crippen LogP contribution in [0.3, 0.4) is 0 Å². The number of ether oxygens (including phenoxy) is 1. The predicted molar refractivity (Wildman–Crippen MR) is 64.3 cm³/mol. The molecule has 2 heterocycles. The summed E-state index contributed by atoms with van der Waals surface area (Å²) in [4.78, 5) is 26.4. The monoisotopic (exact) mass is 247 g/mol. The van der Waals surface area contributed by atoms with Crippen molar-refractivity contribution in [1.29, 1.82) is 0 Å². The summed E-state index contributed by atoms with van der Waals surface area (Å²) >= 11 is 1.30. The zero-order valence-corrected chi connectivity index (χ0v) is 9.86. The standard InChI is InChI=1S/C12H9NO3S/c1-16-12(15)11-4-9(7-17-11)10-3-2-8(6-14)5-13-10/h2-7H,1H3. The van der Waals surface area contributed by atoms with Gasteiger partial charge in [0.15, 0.2) is 6.29 Å². The van der Waals surface area contributed by atoms with Crippen LogP contribution >= 0.6 is 11.3 Å². The van der Waals surface area contributed by atoms with E-state index in [2.05, 4.69) is 9.72 Å². The quantitative estimate of drug-likeness (QED) is 0.617. The van der Waals surface area contributed by atoms with Gasteiger partial charge < -0.3 is 4.74 Å². The minimum atomic E-state index is -0.356. The second-order valence-corrected chi connectivity index (χ2v) is 4.20. The van der Waals surface area contributed by atoms with Crippen LogP contribution < -0.4 is 0 Å². The lowest BCUT2D eigenvalue weighted by atomic mass is 10.2. The Kier molecular flexibility index (Phi) is 3.30. The van der Waals surface area contributed by atoms with Crippen molar-refractivity contribution in [3.05, 3.63) is 40.2 Å². The van der Waals surface area contributed by atoms with Gasteiger partial charge in [-0.15, -0.1) is 11.3 Å². The van der Waals surface area contributed by atoms with Crippen molar-refractivity contribution in [1.82, 2.24) is 4.98 Å². The maximum atomic E-state index is 11.3. The molecule has 17 heavy (non-hydrogen) atoms. The van der Waals surface area contributed by atoms with Crippen LogP contribution in [0.4, 0.5) is 0 Å². The molecule has 0 saturated carbocycles. The fourth-order valence-electron chi connectivity index (χ4n) is 1.32. The number of esters is 1. The summed E-state index contributed by atoms with van der Waals surface area (Å²) in [5.74, 6) is -0.356. The van der Waals surface area contributed by atoms with Crippen LogP contribution in [0, 0.1) is 0 Å². The normalized spacial score (nSPS) is 9.94. The van der Waals surface area contributed by atoms with Gasteiger partial charge in [0.05, 0.1) is 12.8 Å². The van der Waals surface area contributed by atoms with E-state index in [-0.39, 0.29) is 5.97 Å². The summed E-state index contributed by atoms with van der Waals surface area (Å²) in [6.45, 7) is 0. The Bertz CT molecular complexity index is 545. The molecular weight excluding hydrogens is 238 g/mol. The molecule has 0 aliphatic heterocycles. The highest BCUT2D eigenvalue weighted by Crippen LogP contribution is 2.24. The van der Waals surface area contributed by atoms with Gasteiger partial charge in [-0.2, -0.15) is 0 Å². The number of aldehydes is 1. The molecule has 0 N–H and O–H groups in total. The summed E-state index contributed by atoms with van der Waals surface area (Å²) in [7, 11) is 1.35. The maximum Gasteiger partial charge on any atom is 0.348 e. The van der Waals surface area contributed by atoms with Crippen molar-refractivity contribution in [2.45, 2.75) is 0 Å². The van der Waals surface area contributed by atoms with Crippen molar-refractivity contribution < 1.29 is 14.3 Å². The van der Waals surface area contributed by atoms with E-state index in [1.807, 2.05) is 5.38 Å². The smallest absolute Gasteiger partial charge is 0.348 e. The van der Waals surface area contributed by atoms with E-state index in [1.165, 1.54) is 24.6 Å². The molecule has 5 heteroatoms. The number of carbonyl (C=O) groups is 2. The fourth-order valence-corrected chi connectivity index (χ4v) is 2.14. The average Bonchev–Trinajstić information content (AvgIpc) is 2.87. The van der Waals surface area contributed by atoms with E-state index in [1.54, 1.807) is 18.2 Å². The number of carbonyl (C=O) groups excluding carboxylic acids is 2. The Morgan fingerprint density at radius 2 is 2.29 bits per heavy atom. The van der Waals surface area contributed by atoms with Crippen LogP contribution in [-0.4, -0.2) is 24.3 Å². The largest absolute Gasteiger partial charge is 0.465 e. The number of pyridine rings is 1. The molecule has 4 nitrogen and oxygen atoms in total. The predicted octanol–water partition coefficient (Wildman–Crippen LogP) is 2.41. The third-order valence-corrected chi connectivity index (χ3v) is 3.11. The number of hydrogen-bond donors (Lipinski definition) is 0. The SMILES string of the molecule is COC(=O)c1cc(-c2ccc(C=O)cn2)cs1. The summed E-state index contributed by atoms with van der Waals surface area (Å²) in [5.41, 5.74) is 2.09. The van der Waals surface area contributed by atoms with Crippen LogP contribution in [0.25, 0.3) is 11.3 Å². The number of rotatable bonds is 3. The van der Waals surface area contributed by atoms with E-state index in [0.717, 1.165) is 17.5 Å². The third-order valence-electron chi connectivity index (χ3n) is 2.20. The minimum absolute atomic E-state index is 0.356. The van der Waals surface area contributed by atoms with Crippen molar-refractivity contribution in [3.63, 3.8) is 0 Å². The minimum Gasteiger partial charge on any atom is -0.465 e. The highest BCUT2D eigenvalue weighted by atomic mass is 32.1. The number of methoxy groups -OCH3 is 1. The van der Waals surface area contributed by atoms with Crippen LogP contribution in [0.2, 0.25) is 0 Å². The zero-order valence-electron chi connectivity index (χ0n) is 9.04. The van der Waals surface area contributed by atoms with E-state index >= 15 is 0 Å². The van der Waals surface area contributed by atoms with Crippen molar-refractivity contribution in [3.8, 4) is 11.3 Å². The first-order valence-corrected chi connectivity index (χ1v) is 5.71. The van der Waals surface area contributed by atoms with Gasteiger partial charge in [0.1, 0.15) is 4.88 Å². The highest BCUT2D eigenvalue weighted by molar-refractivity contribution is 7.12. The second kappa shape index (κ2) is 4.88. The molecule has 2 aromatic rings. The molecule has 0 fully saturated rings. The summed E-state index contributed by atoms with van der Waals surface area (Å²) in [6, 6.07) is 5.15. The maximum absolute atomic E-state index is 11.3. The Morgan fingerprint density at radius 1 is 1.47 bits per heavy atom. The van der Waals surface area contributed by atoms with Gasteiger partial charge in [-0.05, 0) is 18.2 Å². The fraction of sp³-hybridized carbons (Fsp3) is 0.0833. The topological polar surface area (TPSA) is 56.3 Å². The van der Waals surface area contributed by atoms with E-state index in [9.17, 15) is 9.59 Å². The summed E-state index contributed by atoms with van der Waals surface area (Å²) in [5, 5.41) is 1.83. The Hall–Kier alpha value is -2.01. The van der Waals surface area contributed by atoms with Gasteiger partial charge in [0.2, 0.25) is 0 Å². The average molecular weight is 247 g/mol. The second-order valence-electron chi connectivity index (χ2n) is 3.29. The number of hydrogen-bond acceptors (Lipinski definition) is 5. The summed E-state index contributed by atoms with van der Waals surface area (Å²) in [6.07, 6.45) is 2.24. The molecule has 0 atom stereocenters. The van der Waals surface area contributed by atoms with Gasteiger partial charge in [-0.3, -0.25) is 9.78 Å². The Labute approximate surface area is 102 Å². The molecule has 0 aromatic carbocycles. The summed E-state index contributed by atoms with van der Waals surface area (Å²) < 4.78 is 4.63. The van der Waals surface area contributed by atoms with Gasteiger partial charge in [-0.1, -0.05) is 0 Å². The van der Waals surface area contributed by atoms with E-state index in [0.29, 0.717) is 10.4 Å². The Morgan fingerprint density at radius 3 is 2.88 bits per heavy atom. The van der Waals surface area contributed by atoms with Gasteiger partial charge >= 0.3 is 5.97 Å². The molecule has 0 spiro atoms. The lowest BCUT2D eigenvalue weighted by molar-refractivity contribution is 0.0606. The first-order chi connectivity index (χ1) is 8.24. The molecule has 0 radical (unpaired) electrons. The van der Waals surface area contributed by atoms with Crippen molar-refractivity contribution in [2.75, 3.05) is 7.11 Å². The molecule has 0 bridgehead atoms. The number of thiophene rings is 1. The Balaban J connectivity index is 2.30. The lowest BCUT2D eigenvalue weighted by Crippen LogP contribution is -1.96. The van der Waals surface area contributed by atoms with Crippen LogP contribution in [0.1, 0.15) is 20.0 Å². The van der Waals surface area contributed by atoms with Crippen LogP contribution in [-0.2, 0) is 4.74 Å². The van der Waals surface area contributed by atoms with Crippen LogP contribution in [0.15, 0.2) is 29.8 Å². The molecule has 0 aliphatic rings. The highest BCUT2D eigenvalue weighted by Gasteiger charge is 2.10. The lowest BCUT2D eigenvalue weighted by Gasteiger charge is -1.96. The molecule has 2 aromatic heterocycles. The molecule has 0 unspecified atom stereocenters. The first kappa shape index (κ1) is 11.5. The zero-order chi connectivity index (χ0) is 12.3. The van der Waals surface area contributed by atoms with Crippen molar-refractivity contribution >= 4 is 23.6 Å². The molecule has 0 aliphatic carbocycles. The first-order valence-electron chi connectivity index (χ1n) is 4.83. The third kappa shape index (κ3) is 2.39. The van der Waals surface area contributed by atoms with Crippen molar-refractivity contribution in [2.24, 2.45) is 0 Å². The van der Waals surface area contributed by atoms with Crippen LogP contribution in [0.5, 0.6) is 0 Å². The number of aromatic nitrogens is 1.